The molecule has 0 saturated heterocycles. The second-order valence-electron chi connectivity index (χ2n) is 5.32. The zero-order chi connectivity index (χ0) is 17.3. The highest BCUT2D eigenvalue weighted by atomic mass is 32.1. The van der Waals surface area contributed by atoms with E-state index in [1.54, 1.807) is 12.1 Å². The SMILES string of the molecule is Cc1sc(-n2cccc2)c(C(=O)Nc2cccc([N+](=O)[O-])c2)c1C. The predicted molar refractivity (Wildman–Crippen MR) is 94.2 cm³/mol. The molecule has 6 nitrogen and oxygen atoms in total. The van der Waals surface area contributed by atoms with Gasteiger partial charge < -0.3 is 9.88 Å². The zero-order valence-corrected chi connectivity index (χ0v) is 14.0. The Morgan fingerprint density at radius 2 is 1.92 bits per heavy atom. The van der Waals surface area contributed by atoms with Gasteiger partial charge in [0.05, 0.1) is 10.5 Å². The summed E-state index contributed by atoms with van der Waals surface area (Å²) in [6.07, 6.45) is 3.77. The molecule has 1 aromatic carbocycles. The number of hydrogen-bond donors (Lipinski definition) is 1. The van der Waals surface area contributed by atoms with Crippen LogP contribution in [0.15, 0.2) is 48.8 Å². The van der Waals surface area contributed by atoms with Crippen LogP contribution in [0.1, 0.15) is 20.8 Å². The average Bonchev–Trinajstić information content (AvgIpc) is 3.16. The molecule has 0 radical (unpaired) electrons. The van der Waals surface area contributed by atoms with E-state index in [0.717, 1.165) is 15.4 Å². The molecule has 7 heteroatoms. The van der Waals surface area contributed by atoms with Crippen molar-refractivity contribution in [3.05, 3.63) is 74.9 Å². The number of amides is 1. The van der Waals surface area contributed by atoms with E-state index >= 15 is 0 Å². The molecule has 2 heterocycles. The van der Waals surface area contributed by atoms with Crippen molar-refractivity contribution in [2.45, 2.75) is 13.8 Å². The molecule has 0 atom stereocenters. The van der Waals surface area contributed by atoms with E-state index in [-0.39, 0.29) is 11.6 Å². The van der Waals surface area contributed by atoms with Crippen LogP contribution < -0.4 is 5.32 Å². The van der Waals surface area contributed by atoms with Crippen LogP contribution in [0.3, 0.4) is 0 Å². The topological polar surface area (TPSA) is 77.2 Å². The maximum atomic E-state index is 12.8. The second kappa shape index (κ2) is 6.29. The highest BCUT2D eigenvalue weighted by Crippen LogP contribution is 2.31. The van der Waals surface area contributed by atoms with Gasteiger partial charge in [0.25, 0.3) is 11.6 Å². The Labute approximate surface area is 142 Å². The van der Waals surface area contributed by atoms with Crippen LogP contribution >= 0.6 is 11.3 Å². The van der Waals surface area contributed by atoms with Gasteiger partial charge in [0.1, 0.15) is 5.00 Å². The molecule has 2 aromatic heterocycles. The van der Waals surface area contributed by atoms with Crippen LogP contribution in [-0.4, -0.2) is 15.4 Å². The predicted octanol–water partition coefficient (Wildman–Crippen LogP) is 4.32. The number of aromatic nitrogens is 1. The summed E-state index contributed by atoms with van der Waals surface area (Å²) in [5.41, 5.74) is 1.83. The first kappa shape index (κ1) is 15.9. The number of nitrogens with zero attached hydrogens (tertiary/aromatic N) is 2. The lowest BCUT2D eigenvalue weighted by atomic mass is 10.1. The zero-order valence-electron chi connectivity index (χ0n) is 13.1. The second-order valence-corrected chi connectivity index (χ2v) is 6.52. The molecule has 0 aliphatic carbocycles. The summed E-state index contributed by atoms with van der Waals surface area (Å²) in [5.74, 6) is -0.277. The van der Waals surface area contributed by atoms with Gasteiger partial charge in [0.2, 0.25) is 0 Å². The molecule has 3 rings (SSSR count). The normalized spacial score (nSPS) is 10.6. The maximum Gasteiger partial charge on any atom is 0.271 e. The third-order valence-corrected chi connectivity index (χ3v) is 4.97. The van der Waals surface area contributed by atoms with Crippen molar-refractivity contribution >= 4 is 28.6 Å². The van der Waals surface area contributed by atoms with Gasteiger partial charge >= 0.3 is 0 Å². The number of hydrogen-bond acceptors (Lipinski definition) is 4. The Morgan fingerprint density at radius 3 is 2.58 bits per heavy atom. The van der Waals surface area contributed by atoms with Crippen LogP contribution in [-0.2, 0) is 0 Å². The number of nitrogens with one attached hydrogen (secondary N) is 1. The molecule has 24 heavy (non-hydrogen) atoms. The molecule has 0 bridgehead atoms. The molecular weight excluding hydrogens is 326 g/mol. The van der Waals surface area contributed by atoms with Crippen LogP contribution in [0.25, 0.3) is 5.00 Å². The molecule has 0 spiro atoms. The molecule has 0 aliphatic rings. The summed E-state index contributed by atoms with van der Waals surface area (Å²) in [4.78, 5) is 24.2. The summed E-state index contributed by atoms with van der Waals surface area (Å²) in [5, 5.41) is 14.5. The van der Waals surface area contributed by atoms with Crippen molar-refractivity contribution in [3.8, 4) is 5.00 Å². The molecule has 0 fully saturated rings. The molecule has 0 unspecified atom stereocenters. The third-order valence-electron chi connectivity index (χ3n) is 3.75. The number of rotatable bonds is 4. The third kappa shape index (κ3) is 2.93. The van der Waals surface area contributed by atoms with Gasteiger partial charge in [-0.2, -0.15) is 0 Å². The Bertz CT molecular complexity index is 913. The Hall–Kier alpha value is -2.93. The molecule has 122 valence electrons. The van der Waals surface area contributed by atoms with Crippen molar-refractivity contribution < 1.29 is 9.72 Å². The summed E-state index contributed by atoms with van der Waals surface area (Å²) in [6, 6.07) is 9.71. The minimum Gasteiger partial charge on any atom is -0.322 e. The number of carbonyl (C=O) groups is 1. The van der Waals surface area contributed by atoms with Crippen LogP contribution in [0.5, 0.6) is 0 Å². The van der Waals surface area contributed by atoms with Crippen LogP contribution in [0, 0.1) is 24.0 Å². The van der Waals surface area contributed by atoms with Crippen molar-refractivity contribution in [2.24, 2.45) is 0 Å². The van der Waals surface area contributed by atoms with Gasteiger partial charge in [0, 0.05) is 35.1 Å². The summed E-state index contributed by atoms with van der Waals surface area (Å²) in [6.45, 7) is 3.87. The summed E-state index contributed by atoms with van der Waals surface area (Å²) in [7, 11) is 0. The fourth-order valence-electron chi connectivity index (χ4n) is 2.42. The van der Waals surface area contributed by atoms with E-state index in [4.69, 9.17) is 0 Å². The highest BCUT2D eigenvalue weighted by Gasteiger charge is 2.21. The molecule has 1 amide bonds. The fraction of sp³-hybridized carbons (Fsp3) is 0.118. The van der Waals surface area contributed by atoms with E-state index in [1.807, 2.05) is 42.9 Å². The quantitative estimate of drug-likeness (QED) is 0.567. The minimum atomic E-state index is -0.485. The van der Waals surface area contributed by atoms with Crippen molar-refractivity contribution in [3.63, 3.8) is 0 Å². The van der Waals surface area contributed by atoms with Crippen molar-refractivity contribution in [2.75, 3.05) is 5.32 Å². The largest absolute Gasteiger partial charge is 0.322 e. The first-order valence-corrected chi connectivity index (χ1v) is 8.08. The Balaban J connectivity index is 1.96. The number of carbonyl (C=O) groups excluding carboxylic acids is 1. The smallest absolute Gasteiger partial charge is 0.271 e. The van der Waals surface area contributed by atoms with Crippen LogP contribution in [0.4, 0.5) is 11.4 Å². The molecule has 3 aromatic rings. The number of nitro benzene ring substituents is 1. The molecule has 0 aliphatic heterocycles. The molecule has 1 N–H and O–H groups in total. The first-order valence-electron chi connectivity index (χ1n) is 7.26. The summed E-state index contributed by atoms with van der Waals surface area (Å²) >= 11 is 1.54. The van der Waals surface area contributed by atoms with Gasteiger partial charge in [0.15, 0.2) is 0 Å². The number of anilines is 1. The number of thiophene rings is 1. The average molecular weight is 341 g/mol. The number of non-ortho nitro benzene ring substituents is 1. The fourth-order valence-corrected chi connectivity index (χ4v) is 3.54. The Kier molecular flexibility index (Phi) is 4.18. The monoisotopic (exact) mass is 341 g/mol. The van der Waals surface area contributed by atoms with E-state index in [0.29, 0.717) is 11.3 Å². The lowest BCUT2D eigenvalue weighted by molar-refractivity contribution is -0.384. The van der Waals surface area contributed by atoms with E-state index in [1.165, 1.54) is 23.5 Å². The van der Waals surface area contributed by atoms with Crippen LogP contribution in [0.2, 0.25) is 0 Å². The maximum absolute atomic E-state index is 12.8. The number of aryl methyl sites for hydroxylation is 1. The Morgan fingerprint density at radius 1 is 1.21 bits per heavy atom. The van der Waals surface area contributed by atoms with Gasteiger partial charge in [-0.3, -0.25) is 14.9 Å². The van der Waals surface area contributed by atoms with E-state index in [2.05, 4.69) is 5.32 Å². The van der Waals surface area contributed by atoms with Crippen molar-refractivity contribution in [1.29, 1.82) is 0 Å². The highest BCUT2D eigenvalue weighted by molar-refractivity contribution is 7.15. The lowest BCUT2D eigenvalue weighted by Gasteiger charge is -2.08. The minimum absolute atomic E-state index is 0.0587. The van der Waals surface area contributed by atoms with E-state index < -0.39 is 4.92 Å². The summed E-state index contributed by atoms with van der Waals surface area (Å²) < 4.78 is 1.90. The van der Waals surface area contributed by atoms with Gasteiger partial charge in [-0.25, -0.2) is 0 Å². The lowest BCUT2D eigenvalue weighted by Crippen LogP contribution is -2.14. The molecule has 0 saturated carbocycles. The standard InChI is InChI=1S/C17H15N3O3S/c1-11-12(2)24-17(19-8-3-4-9-19)15(11)16(21)18-13-6-5-7-14(10-13)20(22)23/h3-10H,1-2H3,(H,18,21). The van der Waals surface area contributed by atoms with E-state index in [9.17, 15) is 14.9 Å². The number of benzene rings is 1. The first-order chi connectivity index (χ1) is 11.5. The molecular formula is C17H15N3O3S. The van der Waals surface area contributed by atoms with Gasteiger partial charge in [-0.05, 0) is 37.6 Å². The number of nitro groups is 1. The van der Waals surface area contributed by atoms with Gasteiger partial charge in [-0.1, -0.05) is 6.07 Å². The van der Waals surface area contributed by atoms with Gasteiger partial charge in [-0.15, -0.1) is 11.3 Å². The van der Waals surface area contributed by atoms with Crippen molar-refractivity contribution in [1.82, 2.24) is 4.57 Å².